The molecule has 1 rings (SSSR count). The Hall–Kier alpha value is -1.12. The van der Waals surface area contributed by atoms with Gasteiger partial charge in [-0.05, 0) is 20.4 Å². The lowest BCUT2D eigenvalue weighted by atomic mass is 9.98. The van der Waals surface area contributed by atoms with Gasteiger partial charge in [-0.3, -0.25) is 4.99 Å². The number of halogens is 4. The fourth-order valence-corrected chi connectivity index (χ4v) is 2.77. The Kier molecular flexibility index (Phi) is 13.5. The predicted octanol–water partition coefficient (Wildman–Crippen LogP) is 1.70. The van der Waals surface area contributed by atoms with E-state index in [1.54, 1.807) is 7.11 Å². The van der Waals surface area contributed by atoms with E-state index in [2.05, 4.69) is 25.5 Å². The van der Waals surface area contributed by atoms with Gasteiger partial charge in [-0.1, -0.05) is 0 Å². The van der Waals surface area contributed by atoms with Crippen LogP contribution in [0.15, 0.2) is 17.4 Å². The lowest BCUT2D eigenvalue weighted by Gasteiger charge is -2.29. The smallest absolute Gasteiger partial charge is 0.385 e. The fourth-order valence-electron chi connectivity index (χ4n) is 2.77. The molecule has 0 aliphatic carbocycles. The number of likely N-dealkylation sites (N-methyl/N-ethyl adjacent to an activating group) is 1. The minimum atomic E-state index is -4.86. The molecule has 0 aliphatic rings. The lowest BCUT2D eigenvalue weighted by molar-refractivity contribution is -0.272. The molecule has 8 nitrogen and oxygen atoms in total. The van der Waals surface area contributed by atoms with Crippen LogP contribution in [0, 0.1) is 0 Å². The topological polar surface area (TPSA) is 86.9 Å². The van der Waals surface area contributed by atoms with Crippen molar-refractivity contribution in [3.63, 3.8) is 0 Å². The highest BCUT2D eigenvalue weighted by molar-refractivity contribution is 14.0. The molecule has 1 aromatic heterocycles. The summed E-state index contributed by atoms with van der Waals surface area (Å²) in [5.41, 5.74) is -3.06. The number of hydrogen-bond acceptors (Lipinski definition) is 5. The van der Waals surface area contributed by atoms with Crippen LogP contribution in [0.2, 0.25) is 0 Å². The second-order valence-corrected chi connectivity index (χ2v) is 6.81. The first-order valence-corrected chi connectivity index (χ1v) is 9.62. The molecule has 0 aliphatic heterocycles. The number of nitrogens with one attached hydrogen (secondary N) is 2. The second kappa shape index (κ2) is 14.0. The number of alkyl halides is 3. The first-order chi connectivity index (χ1) is 13.7. The molecular weight excluding hydrogens is 516 g/mol. The Labute approximate surface area is 193 Å². The van der Waals surface area contributed by atoms with E-state index in [-0.39, 0.29) is 30.5 Å². The molecule has 30 heavy (non-hydrogen) atoms. The molecule has 1 atom stereocenters. The van der Waals surface area contributed by atoms with Gasteiger partial charge in [0.1, 0.15) is 5.82 Å². The second-order valence-electron chi connectivity index (χ2n) is 6.81. The third-order valence-corrected chi connectivity index (χ3v) is 4.42. The van der Waals surface area contributed by atoms with Crippen molar-refractivity contribution in [3.8, 4) is 0 Å². The van der Waals surface area contributed by atoms with E-state index in [4.69, 9.17) is 4.74 Å². The molecule has 0 radical (unpaired) electrons. The summed E-state index contributed by atoms with van der Waals surface area (Å²) < 4.78 is 46.8. The Morgan fingerprint density at radius 2 is 2.03 bits per heavy atom. The molecule has 0 amide bonds. The molecule has 0 spiro atoms. The molecule has 0 saturated carbocycles. The Morgan fingerprint density at radius 1 is 1.33 bits per heavy atom. The van der Waals surface area contributed by atoms with Gasteiger partial charge in [0, 0.05) is 72.3 Å². The van der Waals surface area contributed by atoms with Gasteiger partial charge in [0.2, 0.25) is 5.60 Å². The minimum absolute atomic E-state index is 0. The van der Waals surface area contributed by atoms with Gasteiger partial charge in [0.15, 0.2) is 5.96 Å². The zero-order chi connectivity index (χ0) is 21.9. The first kappa shape index (κ1) is 28.9. The molecule has 1 aromatic rings. The largest absolute Gasteiger partial charge is 0.424 e. The number of aromatic nitrogens is 2. The van der Waals surface area contributed by atoms with Crippen LogP contribution in [0.5, 0.6) is 0 Å². The quantitative estimate of drug-likeness (QED) is 0.159. The van der Waals surface area contributed by atoms with E-state index >= 15 is 0 Å². The summed E-state index contributed by atoms with van der Waals surface area (Å²) in [7, 11) is 5.06. The molecule has 12 heteroatoms. The SMILES string of the molecule is CCNC(=NCCC(O)(c1nccn1C)C(F)(F)F)NCCN(C)CCCOC.I. The maximum Gasteiger partial charge on any atom is 0.424 e. The molecular formula is C18H34F3IN6O2. The number of nitrogens with zero attached hydrogens (tertiary/aromatic N) is 4. The van der Waals surface area contributed by atoms with E-state index in [9.17, 15) is 18.3 Å². The van der Waals surface area contributed by atoms with E-state index in [1.165, 1.54) is 24.0 Å². The van der Waals surface area contributed by atoms with Crippen molar-refractivity contribution >= 4 is 29.9 Å². The Bertz CT molecular complexity index is 629. The standard InChI is InChI=1S/C18H33F3N6O2.HI/c1-5-22-16(25-9-12-26(2)11-6-14-29-4)24-8-7-17(28,18(19,20)21)15-23-10-13-27(15)3;/h10,13,28H,5-9,11-12,14H2,1-4H3,(H2,22,24,25);1H. The highest BCUT2D eigenvalue weighted by atomic mass is 127. The number of rotatable bonds is 12. The molecule has 0 bridgehead atoms. The maximum atomic E-state index is 13.5. The Morgan fingerprint density at radius 3 is 2.57 bits per heavy atom. The number of aryl methyl sites for hydroxylation is 1. The van der Waals surface area contributed by atoms with Crippen LogP contribution in [0.1, 0.15) is 25.6 Å². The van der Waals surface area contributed by atoms with Crippen LogP contribution in [-0.4, -0.2) is 85.2 Å². The summed E-state index contributed by atoms with van der Waals surface area (Å²) >= 11 is 0. The zero-order valence-corrected chi connectivity index (χ0v) is 20.3. The molecule has 176 valence electrons. The minimum Gasteiger partial charge on any atom is -0.385 e. The molecule has 1 heterocycles. The third-order valence-electron chi connectivity index (χ3n) is 4.42. The molecule has 1 unspecified atom stereocenters. The highest BCUT2D eigenvalue weighted by Gasteiger charge is 2.57. The number of guanidine groups is 1. The van der Waals surface area contributed by atoms with Crippen LogP contribution >= 0.6 is 24.0 Å². The number of ether oxygens (including phenoxy) is 1. The van der Waals surface area contributed by atoms with Gasteiger partial charge in [-0.2, -0.15) is 13.2 Å². The summed E-state index contributed by atoms with van der Waals surface area (Å²) in [5, 5.41) is 16.4. The number of imidazole rings is 1. The average Bonchev–Trinajstić information content (AvgIpc) is 3.07. The van der Waals surface area contributed by atoms with E-state index in [1.807, 2.05) is 14.0 Å². The lowest BCUT2D eigenvalue weighted by Crippen LogP contribution is -2.45. The maximum absolute atomic E-state index is 13.5. The number of aliphatic imine (C=N–C) groups is 1. The Balaban J connectivity index is 0.00000841. The van der Waals surface area contributed by atoms with Gasteiger partial charge in [0.05, 0.1) is 0 Å². The number of aliphatic hydroxyl groups is 1. The van der Waals surface area contributed by atoms with Crippen LogP contribution in [-0.2, 0) is 17.4 Å². The molecule has 3 N–H and O–H groups in total. The summed E-state index contributed by atoms with van der Waals surface area (Å²) in [6, 6.07) is 0. The van der Waals surface area contributed by atoms with Crippen molar-refractivity contribution in [2.24, 2.45) is 12.0 Å². The van der Waals surface area contributed by atoms with Crippen molar-refractivity contribution in [3.05, 3.63) is 18.2 Å². The van der Waals surface area contributed by atoms with Crippen LogP contribution in [0.3, 0.4) is 0 Å². The summed E-state index contributed by atoms with van der Waals surface area (Å²) in [6.07, 6.45) is -1.98. The van der Waals surface area contributed by atoms with Crippen molar-refractivity contribution in [2.75, 3.05) is 53.5 Å². The monoisotopic (exact) mass is 550 g/mol. The number of hydrogen-bond donors (Lipinski definition) is 3. The number of methoxy groups -OCH3 is 1. The molecule has 0 fully saturated rings. The van der Waals surface area contributed by atoms with E-state index in [0.717, 1.165) is 19.5 Å². The van der Waals surface area contributed by atoms with E-state index in [0.29, 0.717) is 25.7 Å². The summed E-state index contributed by atoms with van der Waals surface area (Å²) in [5.74, 6) is -0.0435. The molecule has 0 saturated heterocycles. The summed E-state index contributed by atoms with van der Waals surface area (Å²) in [6.45, 7) is 5.12. The first-order valence-electron chi connectivity index (χ1n) is 9.62. The van der Waals surface area contributed by atoms with Gasteiger partial charge in [0.25, 0.3) is 0 Å². The molecule has 0 aromatic carbocycles. The van der Waals surface area contributed by atoms with Crippen molar-refractivity contribution in [1.82, 2.24) is 25.1 Å². The van der Waals surface area contributed by atoms with Gasteiger partial charge in [-0.15, -0.1) is 24.0 Å². The van der Waals surface area contributed by atoms with Gasteiger partial charge >= 0.3 is 6.18 Å². The van der Waals surface area contributed by atoms with Crippen molar-refractivity contribution in [2.45, 2.75) is 31.5 Å². The predicted molar refractivity (Wildman–Crippen MR) is 121 cm³/mol. The van der Waals surface area contributed by atoms with Crippen LogP contribution in [0.25, 0.3) is 0 Å². The van der Waals surface area contributed by atoms with Crippen molar-refractivity contribution in [1.29, 1.82) is 0 Å². The fraction of sp³-hybridized carbons (Fsp3) is 0.778. The van der Waals surface area contributed by atoms with Gasteiger partial charge in [-0.25, -0.2) is 4.98 Å². The van der Waals surface area contributed by atoms with Crippen LogP contribution < -0.4 is 10.6 Å². The summed E-state index contributed by atoms with van der Waals surface area (Å²) in [4.78, 5) is 9.99. The van der Waals surface area contributed by atoms with Gasteiger partial charge < -0.3 is 29.9 Å². The zero-order valence-electron chi connectivity index (χ0n) is 18.0. The van der Waals surface area contributed by atoms with Crippen molar-refractivity contribution < 1.29 is 23.0 Å². The normalized spacial score (nSPS) is 14.4. The third kappa shape index (κ3) is 8.94. The highest BCUT2D eigenvalue weighted by Crippen LogP contribution is 2.40. The van der Waals surface area contributed by atoms with Crippen LogP contribution in [0.4, 0.5) is 13.2 Å². The van der Waals surface area contributed by atoms with E-state index < -0.39 is 24.0 Å². The average molecular weight is 550 g/mol.